The number of carbonyl (C=O) groups is 2. The summed E-state index contributed by atoms with van der Waals surface area (Å²) in [4.78, 5) is 28.3. The zero-order chi connectivity index (χ0) is 20.8. The van der Waals surface area contributed by atoms with Gasteiger partial charge in [0.25, 0.3) is 0 Å². The van der Waals surface area contributed by atoms with Crippen molar-refractivity contribution in [2.24, 2.45) is 0 Å². The molecule has 29 heavy (non-hydrogen) atoms. The maximum absolute atomic E-state index is 12.2. The molecular weight excluding hydrogens is 368 g/mol. The van der Waals surface area contributed by atoms with E-state index in [2.05, 4.69) is 22.5 Å². The smallest absolute Gasteiger partial charge is 0.319 e. The van der Waals surface area contributed by atoms with Gasteiger partial charge in [-0.25, -0.2) is 4.79 Å². The third-order valence-corrected chi connectivity index (χ3v) is 5.17. The first kappa shape index (κ1) is 20.7. The van der Waals surface area contributed by atoms with E-state index >= 15 is 0 Å². The molecule has 1 saturated heterocycles. The number of benzene rings is 2. The van der Waals surface area contributed by atoms with E-state index in [0.717, 1.165) is 23.4 Å². The van der Waals surface area contributed by atoms with Crippen LogP contribution in [0.4, 0.5) is 10.5 Å². The molecule has 0 aliphatic carbocycles. The first-order valence-electron chi connectivity index (χ1n) is 9.69. The summed E-state index contributed by atoms with van der Waals surface area (Å²) in [6.45, 7) is 4.31. The van der Waals surface area contributed by atoms with Gasteiger partial charge in [0.2, 0.25) is 5.91 Å². The number of ether oxygens (including phenoxy) is 1. The minimum atomic E-state index is -0.267. The molecule has 2 N–H and O–H groups in total. The summed E-state index contributed by atoms with van der Waals surface area (Å²) in [5.74, 6) is 0.928. The van der Waals surface area contributed by atoms with Crippen molar-refractivity contribution in [1.29, 1.82) is 0 Å². The molecule has 0 unspecified atom stereocenters. The van der Waals surface area contributed by atoms with Crippen LogP contribution in [0.25, 0.3) is 0 Å². The summed E-state index contributed by atoms with van der Waals surface area (Å²) in [6, 6.07) is 15.2. The second-order valence-electron chi connectivity index (χ2n) is 7.39. The Morgan fingerprint density at radius 2 is 1.76 bits per heavy atom. The van der Waals surface area contributed by atoms with Crippen LogP contribution in [0.2, 0.25) is 0 Å². The largest absolute Gasteiger partial charge is 0.497 e. The van der Waals surface area contributed by atoms with Crippen molar-refractivity contribution in [3.05, 3.63) is 59.7 Å². The van der Waals surface area contributed by atoms with Crippen LogP contribution in [-0.2, 0) is 17.9 Å². The predicted octanol–water partition coefficient (Wildman–Crippen LogP) is 2.68. The van der Waals surface area contributed by atoms with Gasteiger partial charge in [-0.1, -0.05) is 24.3 Å². The summed E-state index contributed by atoms with van der Waals surface area (Å²) in [6.07, 6.45) is 0. The molecule has 3 amide bonds. The lowest BCUT2D eigenvalue weighted by molar-refractivity contribution is -0.138. The van der Waals surface area contributed by atoms with Crippen LogP contribution in [0.3, 0.4) is 0 Å². The van der Waals surface area contributed by atoms with E-state index < -0.39 is 0 Å². The highest BCUT2D eigenvalue weighted by Crippen LogP contribution is 2.15. The van der Waals surface area contributed by atoms with Crippen LogP contribution in [0.1, 0.15) is 18.1 Å². The van der Waals surface area contributed by atoms with Gasteiger partial charge in [-0.15, -0.1) is 0 Å². The van der Waals surface area contributed by atoms with E-state index in [4.69, 9.17) is 4.74 Å². The summed E-state index contributed by atoms with van der Waals surface area (Å²) in [5, 5.41) is 5.66. The Labute approximate surface area is 171 Å². The highest BCUT2D eigenvalue weighted by atomic mass is 16.5. The van der Waals surface area contributed by atoms with Crippen LogP contribution < -0.4 is 15.4 Å². The first-order valence-corrected chi connectivity index (χ1v) is 9.69. The molecule has 3 rings (SSSR count). The SMILES string of the molecule is COc1ccc(CNC(=O)Nc2ccc(CN3C[C@@H](C)N(C)CC3=O)cc2)cc1. The van der Waals surface area contributed by atoms with Gasteiger partial charge in [0.1, 0.15) is 5.75 Å². The van der Waals surface area contributed by atoms with Gasteiger partial charge < -0.3 is 20.3 Å². The van der Waals surface area contributed by atoms with Gasteiger partial charge in [0, 0.05) is 31.4 Å². The second kappa shape index (κ2) is 9.43. The maximum Gasteiger partial charge on any atom is 0.319 e. The normalized spacial score (nSPS) is 17.1. The number of urea groups is 1. The Balaban J connectivity index is 1.48. The number of rotatable bonds is 6. The average Bonchev–Trinajstić information content (AvgIpc) is 2.72. The van der Waals surface area contributed by atoms with Crippen LogP contribution in [0.5, 0.6) is 5.75 Å². The summed E-state index contributed by atoms with van der Waals surface area (Å²) in [5.41, 5.74) is 2.74. The molecule has 0 radical (unpaired) electrons. The fourth-order valence-corrected chi connectivity index (χ4v) is 3.20. The number of methoxy groups -OCH3 is 1. The van der Waals surface area contributed by atoms with Gasteiger partial charge in [-0.05, 0) is 49.4 Å². The monoisotopic (exact) mass is 396 g/mol. The number of nitrogens with one attached hydrogen (secondary N) is 2. The molecule has 1 aliphatic heterocycles. The number of nitrogens with zero attached hydrogens (tertiary/aromatic N) is 2. The predicted molar refractivity (Wildman–Crippen MR) is 113 cm³/mol. The van der Waals surface area contributed by atoms with Crippen molar-refractivity contribution >= 4 is 17.6 Å². The van der Waals surface area contributed by atoms with Crippen LogP contribution in [-0.4, -0.2) is 55.0 Å². The third kappa shape index (κ3) is 5.71. The molecule has 1 fully saturated rings. The molecule has 7 heteroatoms. The Morgan fingerprint density at radius 3 is 2.41 bits per heavy atom. The van der Waals surface area contributed by atoms with Crippen LogP contribution in [0, 0.1) is 0 Å². The van der Waals surface area contributed by atoms with E-state index in [1.54, 1.807) is 7.11 Å². The Hall–Kier alpha value is -3.06. The third-order valence-electron chi connectivity index (χ3n) is 5.17. The second-order valence-corrected chi connectivity index (χ2v) is 7.39. The van der Waals surface area contributed by atoms with Crippen LogP contribution >= 0.6 is 0 Å². The summed E-state index contributed by atoms with van der Waals surface area (Å²) >= 11 is 0. The van der Waals surface area contributed by atoms with E-state index in [1.807, 2.05) is 60.5 Å². The molecule has 2 aromatic carbocycles. The lowest BCUT2D eigenvalue weighted by Gasteiger charge is -2.37. The van der Waals surface area contributed by atoms with Gasteiger partial charge >= 0.3 is 6.03 Å². The van der Waals surface area contributed by atoms with E-state index in [9.17, 15) is 9.59 Å². The lowest BCUT2D eigenvalue weighted by Crippen LogP contribution is -2.53. The number of anilines is 1. The standard InChI is InChI=1S/C22H28N4O3/c1-16-13-26(21(27)15-25(16)2)14-18-4-8-19(9-5-18)24-22(28)23-12-17-6-10-20(29-3)11-7-17/h4-11,16H,12-15H2,1-3H3,(H2,23,24,28)/t16-/m1/s1. The zero-order valence-electron chi connectivity index (χ0n) is 17.1. The molecular formula is C22H28N4O3. The minimum absolute atomic E-state index is 0.144. The van der Waals surface area contributed by atoms with Crippen molar-refractivity contribution in [2.45, 2.75) is 26.1 Å². The maximum atomic E-state index is 12.2. The number of hydrogen-bond donors (Lipinski definition) is 2. The molecule has 0 saturated carbocycles. The Kier molecular flexibility index (Phi) is 6.72. The summed E-state index contributed by atoms with van der Waals surface area (Å²) < 4.78 is 5.12. The molecule has 1 aliphatic rings. The molecule has 154 valence electrons. The molecule has 7 nitrogen and oxygen atoms in total. The molecule has 0 aromatic heterocycles. The van der Waals surface area contributed by atoms with Gasteiger partial charge in [-0.3, -0.25) is 9.69 Å². The van der Waals surface area contributed by atoms with Gasteiger partial charge in [-0.2, -0.15) is 0 Å². The van der Waals surface area contributed by atoms with E-state index in [0.29, 0.717) is 31.4 Å². The number of piperazine rings is 1. The fraction of sp³-hybridized carbons (Fsp3) is 0.364. The van der Waals surface area contributed by atoms with Crippen molar-refractivity contribution < 1.29 is 14.3 Å². The first-order chi connectivity index (χ1) is 13.9. The quantitative estimate of drug-likeness (QED) is 0.787. The molecule has 1 heterocycles. The highest BCUT2D eigenvalue weighted by molar-refractivity contribution is 5.89. The van der Waals surface area contributed by atoms with E-state index in [-0.39, 0.29) is 11.9 Å². The zero-order valence-corrected chi connectivity index (χ0v) is 17.1. The van der Waals surface area contributed by atoms with Gasteiger partial charge in [0.05, 0.1) is 13.7 Å². The number of likely N-dealkylation sites (N-methyl/N-ethyl adjacent to an activating group) is 1. The minimum Gasteiger partial charge on any atom is -0.497 e. The fourth-order valence-electron chi connectivity index (χ4n) is 3.20. The number of carbonyl (C=O) groups excluding carboxylic acids is 2. The molecule has 0 bridgehead atoms. The number of amides is 3. The van der Waals surface area contributed by atoms with Crippen molar-refractivity contribution in [2.75, 3.05) is 32.6 Å². The van der Waals surface area contributed by atoms with E-state index in [1.165, 1.54) is 0 Å². The molecule has 0 spiro atoms. The highest BCUT2D eigenvalue weighted by Gasteiger charge is 2.26. The van der Waals surface area contributed by atoms with Crippen molar-refractivity contribution in [3.8, 4) is 5.75 Å². The Morgan fingerprint density at radius 1 is 1.10 bits per heavy atom. The topological polar surface area (TPSA) is 73.9 Å². The summed E-state index contributed by atoms with van der Waals surface area (Å²) in [7, 11) is 3.59. The molecule has 2 aromatic rings. The van der Waals surface area contributed by atoms with Crippen LogP contribution in [0.15, 0.2) is 48.5 Å². The van der Waals surface area contributed by atoms with Crippen molar-refractivity contribution in [1.82, 2.24) is 15.1 Å². The van der Waals surface area contributed by atoms with Gasteiger partial charge in [0.15, 0.2) is 0 Å². The molecule has 1 atom stereocenters. The van der Waals surface area contributed by atoms with Crippen molar-refractivity contribution in [3.63, 3.8) is 0 Å². The Bertz CT molecular complexity index is 836. The lowest BCUT2D eigenvalue weighted by atomic mass is 10.1. The number of hydrogen-bond acceptors (Lipinski definition) is 4. The average molecular weight is 396 g/mol.